The van der Waals surface area contributed by atoms with Gasteiger partial charge in [0.2, 0.25) is 0 Å². The van der Waals surface area contributed by atoms with Crippen LogP contribution in [-0.4, -0.2) is 12.1 Å². The molecule has 0 unspecified atom stereocenters. The molecule has 2 aromatic rings. The van der Waals surface area contributed by atoms with Gasteiger partial charge in [-0.25, -0.2) is 4.98 Å². The van der Waals surface area contributed by atoms with Gasteiger partial charge in [0, 0.05) is 9.86 Å². The summed E-state index contributed by atoms with van der Waals surface area (Å²) >= 11 is 9.55. The smallest absolute Gasteiger partial charge is 0.140 e. The van der Waals surface area contributed by atoms with Crippen LogP contribution in [0, 0.1) is 6.92 Å². The quantitative estimate of drug-likeness (QED) is 0.791. The molecule has 0 radical (unpaired) electrons. The molecule has 0 aliphatic carbocycles. The van der Waals surface area contributed by atoms with Crippen molar-refractivity contribution in [3.8, 4) is 5.75 Å². The SMILES string of the molecule is COc1cc2c(Cl)c(Br)ccc2nc1C. The first-order chi connectivity index (χ1) is 7.13. The van der Waals surface area contributed by atoms with E-state index in [0.717, 1.165) is 26.8 Å². The maximum atomic E-state index is 6.16. The predicted octanol–water partition coefficient (Wildman–Crippen LogP) is 3.97. The molecule has 15 heavy (non-hydrogen) atoms. The second kappa shape index (κ2) is 3.99. The molecule has 1 heterocycles. The molecule has 2 nitrogen and oxygen atoms in total. The highest BCUT2D eigenvalue weighted by molar-refractivity contribution is 9.10. The number of nitrogens with zero attached hydrogens (tertiary/aromatic N) is 1. The van der Waals surface area contributed by atoms with Gasteiger partial charge in [-0.1, -0.05) is 11.6 Å². The van der Waals surface area contributed by atoms with Crippen molar-refractivity contribution < 1.29 is 4.74 Å². The van der Waals surface area contributed by atoms with Crippen LogP contribution >= 0.6 is 27.5 Å². The highest BCUT2D eigenvalue weighted by Crippen LogP contribution is 2.33. The average molecular weight is 287 g/mol. The standard InChI is InChI=1S/C11H9BrClNO/c1-6-10(15-2)5-7-9(14-6)4-3-8(12)11(7)13/h3-5H,1-2H3. The first-order valence-electron chi connectivity index (χ1n) is 4.43. The minimum atomic E-state index is 0.665. The molecule has 0 amide bonds. The zero-order valence-electron chi connectivity index (χ0n) is 8.34. The number of methoxy groups -OCH3 is 1. The Kier molecular flexibility index (Phi) is 2.85. The highest BCUT2D eigenvalue weighted by Gasteiger charge is 2.08. The molecule has 0 atom stereocenters. The number of ether oxygens (including phenoxy) is 1. The molecule has 0 N–H and O–H groups in total. The number of hydrogen-bond donors (Lipinski definition) is 0. The molecule has 0 fully saturated rings. The summed E-state index contributed by atoms with van der Waals surface area (Å²) in [7, 11) is 1.63. The molecule has 1 aromatic carbocycles. The molecule has 78 valence electrons. The van der Waals surface area contributed by atoms with E-state index in [9.17, 15) is 0 Å². The number of halogens is 2. The van der Waals surface area contributed by atoms with Gasteiger partial charge in [-0.2, -0.15) is 0 Å². The molecule has 0 spiro atoms. The molecule has 0 saturated heterocycles. The van der Waals surface area contributed by atoms with Gasteiger partial charge >= 0.3 is 0 Å². The lowest BCUT2D eigenvalue weighted by Crippen LogP contribution is -1.91. The fourth-order valence-electron chi connectivity index (χ4n) is 1.47. The van der Waals surface area contributed by atoms with E-state index < -0.39 is 0 Å². The van der Waals surface area contributed by atoms with Gasteiger partial charge in [-0.15, -0.1) is 0 Å². The lowest BCUT2D eigenvalue weighted by atomic mass is 10.2. The van der Waals surface area contributed by atoms with Gasteiger partial charge in [0.25, 0.3) is 0 Å². The fraction of sp³-hybridized carbons (Fsp3) is 0.182. The number of rotatable bonds is 1. The van der Waals surface area contributed by atoms with E-state index in [-0.39, 0.29) is 0 Å². The van der Waals surface area contributed by atoms with Crippen molar-refractivity contribution in [3.05, 3.63) is 33.4 Å². The molecule has 0 bridgehead atoms. The van der Waals surface area contributed by atoms with E-state index >= 15 is 0 Å². The summed E-state index contributed by atoms with van der Waals surface area (Å²) in [5.41, 5.74) is 1.74. The predicted molar refractivity (Wildman–Crippen MR) is 65.7 cm³/mol. The first kappa shape index (κ1) is 10.7. The minimum Gasteiger partial charge on any atom is -0.495 e. The second-order valence-electron chi connectivity index (χ2n) is 3.20. The lowest BCUT2D eigenvalue weighted by molar-refractivity contribution is 0.410. The third-order valence-corrected chi connectivity index (χ3v) is 3.55. The second-order valence-corrected chi connectivity index (χ2v) is 4.44. The fourth-order valence-corrected chi connectivity index (χ4v) is 2.03. The summed E-state index contributed by atoms with van der Waals surface area (Å²) in [4.78, 5) is 4.42. The minimum absolute atomic E-state index is 0.665. The Hall–Kier alpha value is -0.800. The van der Waals surface area contributed by atoms with Gasteiger partial charge in [-0.3, -0.25) is 0 Å². The van der Waals surface area contributed by atoms with Gasteiger partial charge in [0.05, 0.1) is 23.3 Å². The van der Waals surface area contributed by atoms with Crippen molar-refractivity contribution in [2.75, 3.05) is 7.11 Å². The van der Waals surface area contributed by atoms with E-state index in [0.29, 0.717) is 5.02 Å². The molecule has 0 saturated carbocycles. The van der Waals surface area contributed by atoms with Gasteiger partial charge in [0.1, 0.15) is 5.75 Å². The van der Waals surface area contributed by atoms with Gasteiger partial charge < -0.3 is 4.74 Å². The van der Waals surface area contributed by atoms with Crippen molar-refractivity contribution >= 4 is 38.4 Å². The molecular formula is C11H9BrClNO. The molecule has 0 aliphatic heterocycles. The number of aryl methyl sites for hydroxylation is 1. The Morgan fingerprint density at radius 2 is 2.13 bits per heavy atom. The average Bonchev–Trinajstić information content (AvgIpc) is 2.23. The van der Waals surface area contributed by atoms with Crippen molar-refractivity contribution in [2.24, 2.45) is 0 Å². The number of pyridine rings is 1. The summed E-state index contributed by atoms with van der Waals surface area (Å²) in [5, 5.41) is 1.56. The lowest BCUT2D eigenvalue weighted by Gasteiger charge is -2.07. The Morgan fingerprint density at radius 1 is 1.40 bits per heavy atom. The molecule has 1 aromatic heterocycles. The Labute approximate surface area is 101 Å². The topological polar surface area (TPSA) is 22.1 Å². The molecular weight excluding hydrogens is 277 g/mol. The summed E-state index contributed by atoms with van der Waals surface area (Å²) in [6, 6.07) is 5.73. The number of aromatic nitrogens is 1. The van der Waals surface area contributed by atoms with E-state index in [1.165, 1.54) is 0 Å². The summed E-state index contributed by atoms with van der Waals surface area (Å²) in [6.45, 7) is 1.91. The zero-order chi connectivity index (χ0) is 11.0. The number of benzene rings is 1. The highest BCUT2D eigenvalue weighted by atomic mass is 79.9. The van der Waals surface area contributed by atoms with Gasteiger partial charge in [0.15, 0.2) is 0 Å². The Morgan fingerprint density at radius 3 is 2.80 bits per heavy atom. The van der Waals surface area contributed by atoms with Crippen LogP contribution in [0.5, 0.6) is 5.75 Å². The number of hydrogen-bond acceptors (Lipinski definition) is 2. The molecule has 2 rings (SSSR count). The third kappa shape index (κ3) is 1.82. The van der Waals surface area contributed by atoms with E-state index in [1.54, 1.807) is 7.11 Å². The zero-order valence-corrected chi connectivity index (χ0v) is 10.7. The summed E-state index contributed by atoms with van der Waals surface area (Å²) in [6.07, 6.45) is 0. The van der Waals surface area contributed by atoms with Crippen molar-refractivity contribution in [2.45, 2.75) is 6.92 Å². The van der Waals surface area contributed by atoms with E-state index in [4.69, 9.17) is 16.3 Å². The van der Waals surface area contributed by atoms with Gasteiger partial charge in [-0.05, 0) is 41.1 Å². The van der Waals surface area contributed by atoms with E-state index in [1.807, 2.05) is 25.1 Å². The van der Waals surface area contributed by atoms with Crippen LogP contribution < -0.4 is 4.74 Å². The third-order valence-electron chi connectivity index (χ3n) is 2.25. The van der Waals surface area contributed by atoms with Crippen LogP contribution in [0.4, 0.5) is 0 Å². The largest absolute Gasteiger partial charge is 0.495 e. The van der Waals surface area contributed by atoms with Crippen LogP contribution in [0.2, 0.25) is 5.02 Å². The maximum absolute atomic E-state index is 6.16. The van der Waals surface area contributed by atoms with Crippen LogP contribution in [-0.2, 0) is 0 Å². The molecule has 4 heteroatoms. The van der Waals surface area contributed by atoms with Crippen LogP contribution in [0.15, 0.2) is 22.7 Å². The monoisotopic (exact) mass is 285 g/mol. The summed E-state index contributed by atoms with van der Waals surface area (Å²) in [5.74, 6) is 0.752. The van der Waals surface area contributed by atoms with Crippen molar-refractivity contribution in [1.29, 1.82) is 0 Å². The van der Waals surface area contributed by atoms with Crippen LogP contribution in [0.25, 0.3) is 10.9 Å². The molecule has 0 aliphatic rings. The summed E-state index contributed by atoms with van der Waals surface area (Å²) < 4.78 is 6.08. The van der Waals surface area contributed by atoms with Crippen molar-refractivity contribution in [1.82, 2.24) is 4.98 Å². The Balaban J connectivity index is 2.82. The first-order valence-corrected chi connectivity index (χ1v) is 5.60. The van der Waals surface area contributed by atoms with E-state index in [2.05, 4.69) is 20.9 Å². The Bertz CT molecular complexity index is 527. The van der Waals surface area contributed by atoms with Crippen LogP contribution in [0.1, 0.15) is 5.69 Å². The number of fused-ring (bicyclic) bond motifs is 1. The maximum Gasteiger partial charge on any atom is 0.140 e. The van der Waals surface area contributed by atoms with Crippen LogP contribution in [0.3, 0.4) is 0 Å². The normalized spacial score (nSPS) is 10.7. The van der Waals surface area contributed by atoms with Crippen molar-refractivity contribution in [3.63, 3.8) is 0 Å².